The average Bonchev–Trinajstić information content (AvgIpc) is 2.19. The number of hydrogen-bond acceptors (Lipinski definition) is 0. The van der Waals surface area contributed by atoms with Crippen molar-refractivity contribution >= 4 is 0 Å². The van der Waals surface area contributed by atoms with Gasteiger partial charge in [-0.2, -0.15) is 0 Å². The summed E-state index contributed by atoms with van der Waals surface area (Å²) in [5.74, 6) is 1.52. The van der Waals surface area contributed by atoms with Gasteiger partial charge in [0.25, 0.3) is 0 Å². The van der Waals surface area contributed by atoms with Gasteiger partial charge >= 0.3 is 0 Å². The van der Waals surface area contributed by atoms with Gasteiger partial charge in [0.05, 0.1) is 0 Å². The molecule has 2 atom stereocenters. The minimum absolute atomic E-state index is 0.582. The van der Waals surface area contributed by atoms with E-state index >= 15 is 0 Å². The molecule has 2 unspecified atom stereocenters. The first kappa shape index (κ1) is 10.0. The summed E-state index contributed by atoms with van der Waals surface area (Å²) in [6.45, 7) is 4.86. The second-order valence-electron chi connectivity index (χ2n) is 5.37. The van der Waals surface area contributed by atoms with Crippen LogP contribution in [0.1, 0.15) is 46.0 Å². The highest BCUT2D eigenvalue weighted by Crippen LogP contribution is 2.46. The Kier molecular flexibility index (Phi) is 2.80. The van der Waals surface area contributed by atoms with E-state index in [0.29, 0.717) is 5.41 Å². The van der Waals surface area contributed by atoms with Crippen molar-refractivity contribution in [3.05, 3.63) is 24.3 Å². The van der Waals surface area contributed by atoms with Crippen molar-refractivity contribution in [2.75, 3.05) is 0 Å². The number of allylic oxidation sites excluding steroid dienone is 4. The maximum atomic E-state index is 2.50. The Morgan fingerprint density at radius 1 is 1.00 bits per heavy atom. The summed E-state index contributed by atoms with van der Waals surface area (Å²) in [5, 5.41) is 0. The van der Waals surface area contributed by atoms with E-state index in [1.807, 2.05) is 0 Å². The molecule has 0 amide bonds. The molecule has 2 rings (SSSR count). The van der Waals surface area contributed by atoms with Crippen molar-refractivity contribution in [3.63, 3.8) is 0 Å². The highest BCUT2D eigenvalue weighted by atomic mass is 14.4. The highest BCUT2D eigenvalue weighted by molar-refractivity contribution is 5.16. The van der Waals surface area contributed by atoms with Crippen LogP contribution in [0.2, 0.25) is 0 Å². The normalized spacial score (nSPS) is 35.9. The van der Waals surface area contributed by atoms with Crippen LogP contribution < -0.4 is 0 Å². The maximum Gasteiger partial charge on any atom is -0.0116 e. The molecule has 1 saturated carbocycles. The quantitative estimate of drug-likeness (QED) is 0.577. The predicted molar refractivity (Wildman–Crippen MR) is 62.1 cm³/mol. The molecule has 0 aromatic heterocycles. The minimum atomic E-state index is 0.582. The maximum absolute atomic E-state index is 2.50. The molecular weight excluding hydrogens is 168 g/mol. The SMILES string of the molecule is CC1C=CC=CC1C1(C)CCCCC1. The summed E-state index contributed by atoms with van der Waals surface area (Å²) in [6.07, 6.45) is 16.4. The van der Waals surface area contributed by atoms with Crippen molar-refractivity contribution < 1.29 is 0 Å². The Morgan fingerprint density at radius 2 is 1.64 bits per heavy atom. The van der Waals surface area contributed by atoms with Gasteiger partial charge in [0.2, 0.25) is 0 Å². The van der Waals surface area contributed by atoms with Gasteiger partial charge < -0.3 is 0 Å². The molecular formula is C14H22. The Bertz CT molecular complexity index is 241. The molecule has 0 spiro atoms. The van der Waals surface area contributed by atoms with Gasteiger partial charge in [0.1, 0.15) is 0 Å². The lowest BCUT2D eigenvalue weighted by Gasteiger charge is -2.42. The largest absolute Gasteiger partial charge is 0.0811 e. The van der Waals surface area contributed by atoms with E-state index in [4.69, 9.17) is 0 Å². The van der Waals surface area contributed by atoms with Crippen molar-refractivity contribution in [3.8, 4) is 0 Å². The molecule has 78 valence electrons. The van der Waals surface area contributed by atoms with E-state index < -0.39 is 0 Å². The van der Waals surface area contributed by atoms with E-state index in [1.54, 1.807) is 0 Å². The summed E-state index contributed by atoms with van der Waals surface area (Å²) >= 11 is 0. The minimum Gasteiger partial charge on any atom is -0.0811 e. The lowest BCUT2D eigenvalue weighted by Crippen LogP contribution is -2.32. The fourth-order valence-corrected chi connectivity index (χ4v) is 3.28. The molecule has 2 aliphatic rings. The molecule has 0 heterocycles. The highest BCUT2D eigenvalue weighted by Gasteiger charge is 2.36. The Hall–Kier alpha value is -0.520. The van der Waals surface area contributed by atoms with Crippen LogP contribution in [0.4, 0.5) is 0 Å². The number of rotatable bonds is 1. The molecule has 0 heteroatoms. The van der Waals surface area contributed by atoms with Crippen molar-refractivity contribution in [1.29, 1.82) is 0 Å². The van der Waals surface area contributed by atoms with Crippen LogP contribution in [-0.4, -0.2) is 0 Å². The summed E-state index contributed by atoms with van der Waals surface area (Å²) in [6, 6.07) is 0. The van der Waals surface area contributed by atoms with Crippen molar-refractivity contribution in [1.82, 2.24) is 0 Å². The topological polar surface area (TPSA) is 0 Å². The van der Waals surface area contributed by atoms with E-state index in [-0.39, 0.29) is 0 Å². The lowest BCUT2D eigenvalue weighted by atomic mass is 9.63. The predicted octanol–water partition coefficient (Wildman–Crippen LogP) is 4.34. The zero-order valence-electron chi connectivity index (χ0n) is 9.50. The third-order valence-electron chi connectivity index (χ3n) is 4.21. The van der Waals surface area contributed by atoms with Gasteiger partial charge in [-0.3, -0.25) is 0 Å². The van der Waals surface area contributed by atoms with Crippen molar-refractivity contribution in [2.45, 2.75) is 46.0 Å². The molecule has 2 aliphatic carbocycles. The van der Waals surface area contributed by atoms with Gasteiger partial charge in [-0.15, -0.1) is 0 Å². The second-order valence-corrected chi connectivity index (χ2v) is 5.37. The van der Waals surface area contributed by atoms with E-state index in [0.717, 1.165) is 11.8 Å². The summed E-state index contributed by atoms with van der Waals surface area (Å²) in [5.41, 5.74) is 0.582. The van der Waals surface area contributed by atoms with Crippen LogP contribution in [0, 0.1) is 17.3 Å². The molecule has 0 bridgehead atoms. The monoisotopic (exact) mass is 190 g/mol. The summed E-state index contributed by atoms with van der Waals surface area (Å²) in [4.78, 5) is 0. The summed E-state index contributed by atoms with van der Waals surface area (Å²) in [7, 11) is 0. The Morgan fingerprint density at radius 3 is 2.29 bits per heavy atom. The molecule has 14 heavy (non-hydrogen) atoms. The van der Waals surface area contributed by atoms with E-state index in [2.05, 4.69) is 38.2 Å². The van der Waals surface area contributed by atoms with Crippen molar-refractivity contribution in [2.24, 2.45) is 17.3 Å². The van der Waals surface area contributed by atoms with Gasteiger partial charge in [-0.25, -0.2) is 0 Å². The average molecular weight is 190 g/mol. The molecule has 0 N–H and O–H groups in total. The molecule has 0 radical (unpaired) electrons. The third-order valence-corrected chi connectivity index (χ3v) is 4.21. The van der Waals surface area contributed by atoms with E-state index in [9.17, 15) is 0 Å². The van der Waals surface area contributed by atoms with Crippen LogP contribution >= 0.6 is 0 Å². The first-order valence-electron chi connectivity index (χ1n) is 6.07. The standard InChI is InChI=1S/C14H22/c1-12-8-4-5-9-13(12)14(2)10-6-3-7-11-14/h4-5,8-9,12-13H,3,6-7,10-11H2,1-2H3. The molecule has 0 nitrogen and oxygen atoms in total. The Balaban J connectivity index is 2.12. The third kappa shape index (κ3) is 1.80. The van der Waals surface area contributed by atoms with Gasteiger partial charge in [0, 0.05) is 0 Å². The Labute approximate surface area is 88.1 Å². The molecule has 0 saturated heterocycles. The van der Waals surface area contributed by atoms with Crippen LogP contribution in [-0.2, 0) is 0 Å². The lowest BCUT2D eigenvalue weighted by molar-refractivity contribution is 0.124. The van der Waals surface area contributed by atoms with Gasteiger partial charge in [-0.1, -0.05) is 57.4 Å². The van der Waals surface area contributed by atoms with Crippen LogP contribution in [0.25, 0.3) is 0 Å². The zero-order valence-corrected chi connectivity index (χ0v) is 9.50. The fraction of sp³-hybridized carbons (Fsp3) is 0.714. The first-order valence-corrected chi connectivity index (χ1v) is 6.07. The first-order chi connectivity index (χ1) is 6.72. The number of hydrogen-bond donors (Lipinski definition) is 0. The molecule has 0 aromatic rings. The molecule has 1 fully saturated rings. The smallest absolute Gasteiger partial charge is 0.0116 e. The fourth-order valence-electron chi connectivity index (χ4n) is 3.28. The zero-order chi connectivity index (χ0) is 10.0. The van der Waals surface area contributed by atoms with Crippen LogP contribution in [0.5, 0.6) is 0 Å². The molecule has 0 aromatic carbocycles. The van der Waals surface area contributed by atoms with Crippen LogP contribution in [0.3, 0.4) is 0 Å². The van der Waals surface area contributed by atoms with Gasteiger partial charge in [-0.05, 0) is 30.1 Å². The second kappa shape index (κ2) is 3.92. The van der Waals surface area contributed by atoms with E-state index in [1.165, 1.54) is 32.1 Å². The molecule has 0 aliphatic heterocycles. The summed E-state index contributed by atoms with van der Waals surface area (Å²) < 4.78 is 0. The van der Waals surface area contributed by atoms with Gasteiger partial charge in [0.15, 0.2) is 0 Å². The van der Waals surface area contributed by atoms with Crippen LogP contribution in [0.15, 0.2) is 24.3 Å².